The van der Waals surface area contributed by atoms with E-state index < -0.39 is 0 Å². The van der Waals surface area contributed by atoms with E-state index in [2.05, 4.69) is 39.8 Å². The van der Waals surface area contributed by atoms with Gasteiger partial charge in [-0.3, -0.25) is 4.79 Å². The molecule has 1 heterocycles. The van der Waals surface area contributed by atoms with Gasteiger partial charge in [0.25, 0.3) is 0 Å². The van der Waals surface area contributed by atoms with Crippen LogP contribution in [-0.4, -0.2) is 55.4 Å². The summed E-state index contributed by atoms with van der Waals surface area (Å²) in [6, 6.07) is 8.29. The maximum absolute atomic E-state index is 12.2. The van der Waals surface area contributed by atoms with E-state index in [9.17, 15) is 4.79 Å². The first-order valence-electron chi connectivity index (χ1n) is 7.24. The van der Waals surface area contributed by atoms with Crippen molar-refractivity contribution >= 4 is 21.7 Å². The van der Waals surface area contributed by atoms with Gasteiger partial charge in [0.15, 0.2) is 5.78 Å². The van der Waals surface area contributed by atoms with Crippen LogP contribution in [0.1, 0.15) is 29.6 Å². The van der Waals surface area contributed by atoms with Crippen LogP contribution < -0.4 is 0 Å². The Morgan fingerprint density at radius 2 is 2.25 bits per heavy atom. The average molecular weight is 339 g/mol. The maximum atomic E-state index is 12.2. The summed E-state index contributed by atoms with van der Waals surface area (Å²) in [4.78, 5) is 16.9. The number of likely N-dealkylation sites (N-methyl/N-ethyl adjacent to an activating group) is 1. The van der Waals surface area contributed by atoms with Crippen molar-refractivity contribution in [3.63, 3.8) is 0 Å². The molecule has 0 radical (unpaired) electrons. The molecule has 0 amide bonds. The van der Waals surface area contributed by atoms with Gasteiger partial charge in [0.2, 0.25) is 0 Å². The van der Waals surface area contributed by atoms with Gasteiger partial charge in [-0.2, -0.15) is 0 Å². The number of carbonyl (C=O) groups is 1. The molecule has 1 fully saturated rings. The number of Topliss-reactive ketones (excluding diaryl/α,β-unsaturated/α-hetero) is 1. The van der Waals surface area contributed by atoms with Crippen molar-refractivity contribution in [1.82, 2.24) is 9.80 Å². The van der Waals surface area contributed by atoms with Gasteiger partial charge < -0.3 is 9.80 Å². The Bertz CT molecular complexity index is 462. The van der Waals surface area contributed by atoms with Gasteiger partial charge in [-0.05, 0) is 45.6 Å². The van der Waals surface area contributed by atoms with Crippen LogP contribution >= 0.6 is 15.9 Å². The van der Waals surface area contributed by atoms with Gasteiger partial charge in [0, 0.05) is 35.6 Å². The smallest absolute Gasteiger partial charge is 0.164 e. The summed E-state index contributed by atoms with van der Waals surface area (Å²) in [5, 5.41) is 0. The summed E-state index contributed by atoms with van der Waals surface area (Å²) >= 11 is 3.41. The van der Waals surface area contributed by atoms with E-state index in [4.69, 9.17) is 0 Å². The molecule has 1 aliphatic heterocycles. The zero-order valence-corrected chi connectivity index (χ0v) is 13.9. The molecule has 1 atom stereocenters. The number of halogens is 1. The molecule has 2 rings (SSSR count). The Morgan fingerprint density at radius 1 is 1.45 bits per heavy atom. The lowest BCUT2D eigenvalue weighted by Crippen LogP contribution is -2.45. The number of hydrogen-bond donors (Lipinski definition) is 0. The van der Waals surface area contributed by atoms with E-state index in [0.717, 1.165) is 29.7 Å². The summed E-state index contributed by atoms with van der Waals surface area (Å²) in [7, 11) is 4.28. The van der Waals surface area contributed by atoms with Crippen LogP contribution in [0.2, 0.25) is 0 Å². The predicted octanol–water partition coefficient (Wildman–Crippen LogP) is 3.05. The molecule has 1 saturated heterocycles. The minimum Gasteiger partial charge on any atom is -0.305 e. The summed E-state index contributed by atoms with van der Waals surface area (Å²) < 4.78 is 0.967. The molecule has 1 aromatic rings. The normalized spacial score (nSPS) is 20.3. The standard InChI is InChI=1S/C16H23BrN2O/c1-18(2)15-7-4-9-19(12-15)10-8-16(20)13-5-3-6-14(17)11-13/h3,5-6,11,15H,4,7-10,12H2,1-2H3. The van der Waals surface area contributed by atoms with E-state index in [1.165, 1.54) is 12.8 Å². The van der Waals surface area contributed by atoms with Crippen molar-refractivity contribution in [3.8, 4) is 0 Å². The molecule has 20 heavy (non-hydrogen) atoms. The Labute approximate surface area is 130 Å². The van der Waals surface area contributed by atoms with Crippen molar-refractivity contribution in [2.24, 2.45) is 0 Å². The molecule has 0 aromatic heterocycles. The molecule has 110 valence electrons. The quantitative estimate of drug-likeness (QED) is 0.771. The fraction of sp³-hybridized carbons (Fsp3) is 0.562. The van der Waals surface area contributed by atoms with Crippen molar-refractivity contribution in [2.45, 2.75) is 25.3 Å². The Kier molecular flexibility index (Phi) is 5.75. The van der Waals surface area contributed by atoms with Crippen LogP contribution in [0.25, 0.3) is 0 Å². The number of rotatable bonds is 5. The highest BCUT2D eigenvalue weighted by Gasteiger charge is 2.21. The van der Waals surface area contributed by atoms with Gasteiger partial charge in [0.05, 0.1) is 0 Å². The second kappa shape index (κ2) is 7.34. The Morgan fingerprint density at radius 3 is 2.95 bits per heavy atom. The average Bonchev–Trinajstić information content (AvgIpc) is 2.45. The van der Waals surface area contributed by atoms with Gasteiger partial charge in [-0.15, -0.1) is 0 Å². The summed E-state index contributed by atoms with van der Waals surface area (Å²) in [6.45, 7) is 3.07. The van der Waals surface area contributed by atoms with E-state index in [1.54, 1.807) is 0 Å². The maximum Gasteiger partial charge on any atom is 0.164 e. The molecule has 1 unspecified atom stereocenters. The third kappa shape index (κ3) is 4.40. The number of ketones is 1. The fourth-order valence-corrected chi connectivity index (χ4v) is 3.12. The molecule has 0 aliphatic carbocycles. The highest BCUT2D eigenvalue weighted by Crippen LogP contribution is 2.16. The van der Waals surface area contributed by atoms with Crippen LogP contribution in [-0.2, 0) is 0 Å². The Hall–Kier alpha value is -0.710. The fourth-order valence-electron chi connectivity index (χ4n) is 2.72. The second-order valence-electron chi connectivity index (χ2n) is 5.74. The van der Waals surface area contributed by atoms with Crippen LogP contribution in [0.4, 0.5) is 0 Å². The van der Waals surface area contributed by atoms with Crippen LogP contribution in [0.15, 0.2) is 28.7 Å². The zero-order valence-electron chi connectivity index (χ0n) is 12.3. The van der Waals surface area contributed by atoms with E-state index in [-0.39, 0.29) is 5.78 Å². The minimum absolute atomic E-state index is 0.235. The van der Waals surface area contributed by atoms with Crippen molar-refractivity contribution < 1.29 is 4.79 Å². The highest BCUT2D eigenvalue weighted by atomic mass is 79.9. The molecule has 4 heteroatoms. The van der Waals surface area contributed by atoms with E-state index in [1.807, 2.05) is 24.3 Å². The van der Waals surface area contributed by atoms with Crippen LogP contribution in [0.3, 0.4) is 0 Å². The predicted molar refractivity (Wildman–Crippen MR) is 86.2 cm³/mol. The number of piperidine rings is 1. The highest BCUT2D eigenvalue weighted by molar-refractivity contribution is 9.10. The van der Waals surface area contributed by atoms with Gasteiger partial charge in [-0.25, -0.2) is 0 Å². The van der Waals surface area contributed by atoms with E-state index >= 15 is 0 Å². The largest absolute Gasteiger partial charge is 0.305 e. The number of carbonyl (C=O) groups excluding carboxylic acids is 1. The SMILES string of the molecule is CN(C)C1CCCN(CCC(=O)c2cccc(Br)c2)C1. The van der Waals surface area contributed by atoms with Gasteiger partial charge >= 0.3 is 0 Å². The molecule has 1 aliphatic rings. The van der Waals surface area contributed by atoms with Crippen molar-refractivity contribution in [2.75, 3.05) is 33.7 Å². The molecule has 0 N–H and O–H groups in total. The first-order valence-corrected chi connectivity index (χ1v) is 8.03. The first-order chi connectivity index (χ1) is 9.56. The third-order valence-corrected chi connectivity index (χ3v) is 4.51. The van der Waals surface area contributed by atoms with Crippen molar-refractivity contribution in [1.29, 1.82) is 0 Å². The summed E-state index contributed by atoms with van der Waals surface area (Å²) in [5.41, 5.74) is 0.806. The zero-order chi connectivity index (χ0) is 14.5. The lowest BCUT2D eigenvalue weighted by molar-refractivity contribution is 0.0928. The molecule has 0 spiro atoms. The topological polar surface area (TPSA) is 23.6 Å². The van der Waals surface area contributed by atoms with Crippen molar-refractivity contribution in [3.05, 3.63) is 34.3 Å². The number of nitrogens with zero attached hydrogens (tertiary/aromatic N) is 2. The lowest BCUT2D eigenvalue weighted by atomic mass is 10.0. The molecular formula is C16H23BrN2O. The molecule has 0 saturated carbocycles. The molecule has 0 bridgehead atoms. The van der Waals surface area contributed by atoms with E-state index in [0.29, 0.717) is 12.5 Å². The first kappa shape index (κ1) is 15.7. The molecule has 1 aromatic carbocycles. The van der Waals surface area contributed by atoms with Crippen LogP contribution in [0, 0.1) is 0 Å². The van der Waals surface area contributed by atoms with Gasteiger partial charge in [-0.1, -0.05) is 28.1 Å². The number of hydrogen-bond acceptors (Lipinski definition) is 3. The monoisotopic (exact) mass is 338 g/mol. The third-order valence-electron chi connectivity index (χ3n) is 4.01. The summed E-state index contributed by atoms with van der Waals surface area (Å²) in [5.74, 6) is 0.235. The number of likely N-dealkylation sites (tertiary alicyclic amines) is 1. The Balaban J connectivity index is 1.84. The van der Waals surface area contributed by atoms with Gasteiger partial charge in [0.1, 0.15) is 0 Å². The summed E-state index contributed by atoms with van der Waals surface area (Å²) in [6.07, 6.45) is 3.10. The number of benzene rings is 1. The second-order valence-corrected chi connectivity index (χ2v) is 6.66. The lowest BCUT2D eigenvalue weighted by Gasteiger charge is -2.36. The molecule has 3 nitrogen and oxygen atoms in total. The molecular weight excluding hydrogens is 316 g/mol. The van der Waals surface area contributed by atoms with Crippen LogP contribution in [0.5, 0.6) is 0 Å². The minimum atomic E-state index is 0.235.